The number of para-hydroxylation sites is 1. The zero-order valence-electron chi connectivity index (χ0n) is 28.3. The molecule has 0 saturated heterocycles. The van der Waals surface area contributed by atoms with Crippen LogP contribution in [0.15, 0.2) is 115 Å². The molecule has 0 radical (unpaired) electrons. The van der Waals surface area contributed by atoms with Crippen LogP contribution in [0.25, 0.3) is 61.3 Å². The highest BCUT2D eigenvalue weighted by molar-refractivity contribution is 5.88. The van der Waals surface area contributed by atoms with E-state index in [0.29, 0.717) is 5.75 Å². The van der Waals surface area contributed by atoms with Gasteiger partial charge < -0.3 is 9.51 Å². The summed E-state index contributed by atoms with van der Waals surface area (Å²) in [5.74, 6) is 0.300. The maximum absolute atomic E-state index is 11.7. The van der Waals surface area contributed by atoms with Crippen molar-refractivity contribution in [2.75, 3.05) is 0 Å². The van der Waals surface area contributed by atoms with Crippen LogP contribution in [0.4, 0.5) is 0 Å². The molecule has 4 nitrogen and oxygen atoms in total. The number of phenols is 1. The predicted molar refractivity (Wildman–Crippen MR) is 196 cm³/mol. The Labute approximate surface area is 277 Å². The minimum Gasteiger partial charge on any atom is -0.507 e. The molecule has 0 amide bonds. The molecule has 1 N–H and O–H groups in total. The first-order chi connectivity index (χ1) is 22.4. The van der Waals surface area contributed by atoms with E-state index in [4.69, 9.17) is 9.97 Å². The SMILES string of the molecule is Cc1c(-c2cc(C(C)(C)C)cc(C(C)(C)C)c2O)nc2c(-c3cc(-c4ccccc4)cc(-c4ccc5ccccc5n4)c3)cccn12. The molecule has 47 heavy (non-hydrogen) atoms. The fourth-order valence-corrected chi connectivity index (χ4v) is 6.44. The van der Waals surface area contributed by atoms with Crippen LogP contribution in [-0.2, 0) is 10.8 Å². The Morgan fingerprint density at radius 1 is 0.596 bits per heavy atom. The van der Waals surface area contributed by atoms with E-state index in [1.807, 2.05) is 18.2 Å². The molecule has 4 heteroatoms. The summed E-state index contributed by atoms with van der Waals surface area (Å²) in [5, 5.41) is 12.9. The Morgan fingerprint density at radius 3 is 2.04 bits per heavy atom. The average Bonchev–Trinajstić information content (AvgIpc) is 3.39. The van der Waals surface area contributed by atoms with Crippen molar-refractivity contribution in [3.63, 3.8) is 0 Å². The zero-order valence-corrected chi connectivity index (χ0v) is 28.3. The Kier molecular flexibility index (Phi) is 7.28. The number of aromatic hydroxyl groups is 1. The lowest BCUT2D eigenvalue weighted by molar-refractivity contribution is 0.446. The first-order valence-corrected chi connectivity index (χ1v) is 16.3. The van der Waals surface area contributed by atoms with Gasteiger partial charge in [-0.2, -0.15) is 0 Å². The highest BCUT2D eigenvalue weighted by atomic mass is 16.3. The summed E-state index contributed by atoms with van der Waals surface area (Å²) < 4.78 is 2.15. The van der Waals surface area contributed by atoms with E-state index >= 15 is 0 Å². The van der Waals surface area contributed by atoms with E-state index in [0.717, 1.165) is 72.6 Å². The highest BCUT2D eigenvalue weighted by Gasteiger charge is 2.27. The van der Waals surface area contributed by atoms with Gasteiger partial charge in [0.25, 0.3) is 0 Å². The molecule has 7 aromatic rings. The summed E-state index contributed by atoms with van der Waals surface area (Å²) in [7, 11) is 0. The monoisotopic (exact) mass is 615 g/mol. The van der Waals surface area contributed by atoms with E-state index < -0.39 is 0 Å². The number of rotatable bonds is 4. The third-order valence-corrected chi connectivity index (χ3v) is 9.17. The first-order valence-electron chi connectivity index (χ1n) is 16.3. The fourth-order valence-electron chi connectivity index (χ4n) is 6.44. The summed E-state index contributed by atoms with van der Waals surface area (Å²) in [6.45, 7) is 15.2. The van der Waals surface area contributed by atoms with Crippen LogP contribution in [0.1, 0.15) is 58.4 Å². The number of hydrogen-bond acceptors (Lipinski definition) is 3. The number of phenolic OH excluding ortho intramolecular Hbond substituents is 1. The molecule has 0 aliphatic rings. The molecule has 3 aromatic heterocycles. The smallest absolute Gasteiger partial charge is 0.145 e. The molecule has 0 unspecified atom stereocenters. The molecule has 7 rings (SSSR count). The molecule has 0 atom stereocenters. The van der Waals surface area contributed by atoms with Gasteiger partial charge >= 0.3 is 0 Å². The third kappa shape index (κ3) is 5.59. The van der Waals surface area contributed by atoms with E-state index in [1.54, 1.807) is 0 Å². The average molecular weight is 616 g/mol. The Balaban J connectivity index is 1.46. The highest BCUT2D eigenvalue weighted by Crippen LogP contribution is 2.43. The summed E-state index contributed by atoms with van der Waals surface area (Å²) >= 11 is 0. The van der Waals surface area contributed by atoms with Crippen molar-refractivity contribution in [3.8, 4) is 50.5 Å². The second-order valence-corrected chi connectivity index (χ2v) is 14.6. The lowest BCUT2D eigenvalue weighted by Crippen LogP contribution is -2.17. The largest absolute Gasteiger partial charge is 0.507 e. The number of imidazole rings is 1. The van der Waals surface area contributed by atoms with E-state index in [2.05, 4.69) is 150 Å². The van der Waals surface area contributed by atoms with Crippen molar-refractivity contribution < 1.29 is 5.11 Å². The van der Waals surface area contributed by atoms with Gasteiger partial charge in [0.05, 0.1) is 16.9 Å². The van der Waals surface area contributed by atoms with Crippen LogP contribution in [0.2, 0.25) is 0 Å². The van der Waals surface area contributed by atoms with Gasteiger partial charge in [-0.3, -0.25) is 0 Å². The molecule has 0 fully saturated rings. The van der Waals surface area contributed by atoms with Crippen molar-refractivity contribution in [2.24, 2.45) is 0 Å². The first kappa shape index (κ1) is 30.4. The predicted octanol–water partition coefficient (Wildman–Crippen LogP) is 11.2. The Morgan fingerprint density at radius 2 is 1.30 bits per heavy atom. The van der Waals surface area contributed by atoms with Crippen molar-refractivity contribution >= 4 is 16.6 Å². The molecule has 0 spiro atoms. The number of aryl methyl sites for hydroxylation is 1. The topological polar surface area (TPSA) is 50.4 Å². The molecule has 0 bridgehead atoms. The van der Waals surface area contributed by atoms with Gasteiger partial charge in [-0.25, -0.2) is 9.97 Å². The van der Waals surface area contributed by atoms with Crippen molar-refractivity contribution in [3.05, 3.63) is 132 Å². The van der Waals surface area contributed by atoms with Crippen LogP contribution in [0.5, 0.6) is 5.75 Å². The normalized spacial score (nSPS) is 12.2. The summed E-state index contributed by atoms with van der Waals surface area (Å²) in [5.41, 5.74) is 12.5. The van der Waals surface area contributed by atoms with Crippen LogP contribution < -0.4 is 0 Å². The van der Waals surface area contributed by atoms with E-state index in [-0.39, 0.29) is 10.8 Å². The molecule has 4 aromatic carbocycles. The minimum absolute atomic E-state index is 0.0915. The lowest BCUT2D eigenvalue weighted by atomic mass is 9.78. The zero-order chi connectivity index (χ0) is 33.1. The Hall–Kier alpha value is -5.22. The van der Waals surface area contributed by atoms with Gasteiger partial charge in [0.2, 0.25) is 0 Å². The number of aromatic nitrogens is 3. The summed E-state index contributed by atoms with van der Waals surface area (Å²) in [4.78, 5) is 10.4. The van der Waals surface area contributed by atoms with Crippen LogP contribution in [0, 0.1) is 6.92 Å². The van der Waals surface area contributed by atoms with E-state index in [1.165, 1.54) is 5.56 Å². The third-order valence-electron chi connectivity index (χ3n) is 9.17. The van der Waals surface area contributed by atoms with Gasteiger partial charge in [-0.15, -0.1) is 0 Å². The quantitative estimate of drug-likeness (QED) is 0.214. The van der Waals surface area contributed by atoms with Crippen LogP contribution >= 0.6 is 0 Å². The summed E-state index contributed by atoms with van der Waals surface area (Å²) in [6.07, 6.45) is 2.06. The Bertz CT molecular complexity index is 2280. The van der Waals surface area contributed by atoms with Gasteiger partial charge in [-0.05, 0) is 88.5 Å². The number of hydrogen-bond donors (Lipinski definition) is 1. The second-order valence-electron chi connectivity index (χ2n) is 14.6. The standard InChI is InChI=1S/C43H41N3O/c1-27-39(35-25-33(42(2,3)4)26-36(40(35)47)43(5,6)7)45-41-34(17-13-21-46(27)41)31-22-30(28-14-9-8-10-15-28)23-32(24-31)38-20-19-29-16-11-12-18-37(29)44-38/h8-26,47H,1-7H3. The molecule has 0 saturated carbocycles. The minimum atomic E-state index is -0.233. The van der Waals surface area contributed by atoms with Gasteiger partial charge in [0.1, 0.15) is 11.4 Å². The number of fused-ring (bicyclic) bond motifs is 2. The van der Waals surface area contributed by atoms with Crippen molar-refractivity contribution in [1.29, 1.82) is 0 Å². The van der Waals surface area contributed by atoms with Crippen LogP contribution in [0.3, 0.4) is 0 Å². The van der Waals surface area contributed by atoms with E-state index in [9.17, 15) is 5.11 Å². The van der Waals surface area contributed by atoms with Crippen molar-refractivity contribution in [1.82, 2.24) is 14.4 Å². The molecule has 3 heterocycles. The van der Waals surface area contributed by atoms with Gasteiger partial charge in [0.15, 0.2) is 0 Å². The molecule has 0 aliphatic heterocycles. The molecular formula is C43H41N3O. The fraction of sp³-hybridized carbons (Fsp3) is 0.209. The van der Waals surface area contributed by atoms with Gasteiger partial charge in [-0.1, -0.05) is 102 Å². The molecular weight excluding hydrogens is 574 g/mol. The van der Waals surface area contributed by atoms with Crippen LogP contribution in [-0.4, -0.2) is 19.5 Å². The number of pyridine rings is 2. The molecule has 234 valence electrons. The maximum atomic E-state index is 11.7. The number of benzene rings is 4. The number of nitrogens with zero attached hydrogens (tertiary/aromatic N) is 3. The van der Waals surface area contributed by atoms with Gasteiger partial charge in [0, 0.05) is 39.5 Å². The second kappa shape index (κ2) is 11.2. The maximum Gasteiger partial charge on any atom is 0.145 e. The summed E-state index contributed by atoms with van der Waals surface area (Å²) in [6, 6.07) is 38.1. The van der Waals surface area contributed by atoms with Crippen molar-refractivity contribution in [2.45, 2.75) is 59.3 Å². The lowest BCUT2D eigenvalue weighted by Gasteiger charge is -2.27. The molecule has 0 aliphatic carbocycles.